The van der Waals surface area contributed by atoms with Crippen LogP contribution in [0.3, 0.4) is 0 Å². The van der Waals surface area contributed by atoms with Crippen molar-refractivity contribution in [2.24, 2.45) is 0 Å². The van der Waals surface area contributed by atoms with Crippen molar-refractivity contribution in [3.63, 3.8) is 0 Å². The summed E-state index contributed by atoms with van der Waals surface area (Å²) in [5.74, 6) is 1.77. The first kappa shape index (κ1) is 18.5. The largest absolute Gasteiger partial charge is 0.497 e. The van der Waals surface area contributed by atoms with Gasteiger partial charge in [-0.3, -0.25) is 4.79 Å². The average Bonchev–Trinajstić information content (AvgIpc) is 2.62. The number of hydrogen-bond acceptors (Lipinski definition) is 4. The van der Waals surface area contributed by atoms with Crippen molar-refractivity contribution in [1.82, 2.24) is 0 Å². The highest BCUT2D eigenvalue weighted by molar-refractivity contribution is 9.13. The average molecular weight is 456 g/mol. The van der Waals surface area contributed by atoms with E-state index in [0.717, 1.165) is 14.5 Å². The summed E-state index contributed by atoms with van der Waals surface area (Å²) in [6, 6.07) is 8.76. The minimum atomic E-state index is -0.101. The quantitative estimate of drug-likeness (QED) is 0.447. The van der Waals surface area contributed by atoms with Gasteiger partial charge in [-0.2, -0.15) is 0 Å². The number of methoxy groups -OCH3 is 3. The third kappa shape index (κ3) is 3.99. The molecule has 0 bridgehead atoms. The molecule has 24 heavy (non-hydrogen) atoms. The molecular weight excluding hydrogens is 440 g/mol. The first-order valence-corrected chi connectivity index (χ1v) is 8.56. The number of rotatable bonds is 6. The smallest absolute Gasteiger partial charge is 0.185 e. The molecule has 0 radical (unpaired) electrons. The summed E-state index contributed by atoms with van der Waals surface area (Å²) in [5, 5.41) is 0. The van der Waals surface area contributed by atoms with Crippen molar-refractivity contribution in [1.29, 1.82) is 0 Å². The van der Waals surface area contributed by atoms with Crippen LogP contribution >= 0.6 is 31.9 Å². The SMILES string of the molecule is COc1ccc(C(=O)/C=C/c2cc(OC)c(OC)c(Br)c2Br)cc1. The lowest BCUT2D eigenvalue weighted by Crippen LogP contribution is -1.96. The molecule has 0 saturated heterocycles. The van der Waals surface area contributed by atoms with Crippen LogP contribution in [0.1, 0.15) is 15.9 Å². The second-order valence-electron chi connectivity index (χ2n) is 4.76. The standard InChI is InChI=1S/C18H16Br2O4/c1-22-13-7-4-11(5-8-13)14(21)9-6-12-10-15(23-2)18(24-3)17(20)16(12)19/h4-10H,1-3H3/b9-6+. The number of carbonyl (C=O) groups excluding carboxylic acids is 1. The zero-order valence-electron chi connectivity index (χ0n) is 13.4. The summed E-state index contributed by atoms with van der Waals surface area (Å²) in [4.78, 5) is 12.3. The highest BCUT2D eigenvalue weighted by Crippen LogP contribution is 2.42. The molecule has 0 aromatic heterocycles. The molecule has 126 valence electrons. The van der Waals surface area contributed by atoms with Gasteiger partial charge in [0.25, 0.3) is 0 Å². The van der Waals surface area contributed by atoms with Crippen LogP contribution in [-0.4, -0.2) is 27.1 Å². The Morgan fingerprint density at radius 3 is 2.17 bits per heavy atom. The van der Waals surface area contributed by atoms with Crippen LogP contribution in [0.15, 0.2) is 45.4 Å². The van der Waals surface area contributed by atoms with E-state index in [1.54, 1.807) is 57.7 Å². The minimum Gasteiger partial charge on any atom is -0.497 e. The van der Waals surface area contributed by atoms with Crippen molar-refractivity contribution in [2.75, 3.05) is 21.3 Å². The highest BCUT2D eigenvalue weighted by Gasteiger charge is 2.15. The molecule has 0 aliphatic heterocycles. The van der Waals surface area contributed by atoms with Gasteiger partial charge < -0.3 is 14.2 Å². The Morgan fingerprint density at radius 2 is 1.62 bits per heavy atom. The van der Waals surface area contributed by atoms with Gasteiger partial charge in [-0.15, -0.1) is 0 Å². The molecule has 2 aromatic rings. The number of halogens is 2. The van der Waals surface area contributed by atoms with Gasteiger partial charge in [-0.25, -0.2) is 0 Å². The van der Waals surface area contributed by atoms with Crippen LogP contribution in [0.4, 0.5) is 0 Å². The number of carbonyl (C=O) groups is 1. The first-order valence-electron chi connectivity index (χ1n) is 6.98. The zero-order chi connectivity index (χ0) is 17.7. The zero-order valence-corrected chi connectivity index (χ0v) is 16.6. The van der Waals surface area contributed by atoms with Crippen LogP contribution in [0, 0.1) is 0 Å². The van der Waals surface area contributed by atoms with Gasteiger partial charge in [0.05, 0.1) is 25.8 Å². The summed E-state index contributed by atoms with van der Waals surface area (Å²) < 4.78 is 17.2. The van der Waals surface area contributed by atoms with Crippen molar-refractivity contribution in [3.8, 4) is 17.2 Å². The van der Waals surface area contributed by atoms with Gasteiger partial charge >= 0.3 is 0 Å². The maximum atomic E-state index is 12.3. The molecule has 0 atom stereocenters. The van der Waals surface area contributed by atoms with E-state index in [4.69, 9.17) is 14.2 Å². The lowest BCUT2D eigenvalue weighted by molar-refractivity contribution is 0.104. The summed E-state index contributed by atoms with van der Waals surface area (Å²) >= 11 is 6.97. The van der Waals surface area contributed by atoms with E-state index in [-0.39, 0.29) is 5.78 Å². The maximum Gasteiger partial charge on any atom is 0.185 e. The third-order valence-corrected chi connectivity index (χ3v) is 5.51. The number of hydrogen-bond donors (Lipinski definition) is 0. The normalized spacial score (nSPS) is 10.7. The van der Waals surface area contributed by atoms with Gasteiger partial charge in [0.15, 0.2) is 17.3 Å². The fraction of sp³-hybridized carbons (Fsp3) is 0.167. The summed E-state index contributed by atoms with van der Waals surface area (Å²) in [7, 11) is 4.72. The van der Waals surface area contributed by atoms with Crippen LogP contribution in [0.2, 0.25) is 0 Å². The fourth-order valence-corrected chi connectivity index (χ4v) is 3.10. The highest BCUT2D eigenvalue weighted by atomic mass is 79.9. The summed E-state index contributed by atoms with van der Waals surface area (Å²) in [6.45, 7) is 0. The lowest BCUT2D eigenvalue weighted by Gasteiger charge is -2.12. The Kier molecular flexibility index (Phi) is 6.45. The van der Waals surface area contributed by atoms with Gasteiger partial charge in [0.2, 0.25) is 0 Å². The van der Waals surface area contributed by atoms with E-state index in [9.17, 15) is 4.79 Å². The van der Waals surface area contributed by atoms with Crippen LogP contribution in [0.25, 0.3) is 6.08 Å². The number of ketones is 1. The first-order chi connectivity index (χ1) is 11.5. The molecule has 0 aliphatic carbocycles. The molecule has 4 nitrogen and oxygen atoms in total. The van der Waals surface area contributed by atoms with Gasteiger partial charge in [0, 0.05) is 10.0 Å². The topological polar surface area (TPSA) is 44.8 Å². The van der Waals surface area contributed by atoms with Gasteiger partial charge in [-0.1, -0.05) is 0 Å². The van der Waals surface area contributed by atoms with E-state index in [1.807, 2.05) is 0 Å². The number of ether oxygens (including phenoxy) is 3. The predicted molar refractivity (Wildman–Crippen MR) is 101 cm³/mol. The molecule has 0 fully saturated rings. The number of allylic oxidation sites excluding steroid dienone is 1. The van der Waals surface area contributed by atoms with E-state index < -0.39 is 0 Å². The fourth-order valence-electron chi connectivity index (χ4n) is 2.08. The van der Waals surface area contributed by atoms with Crippen molar-refractivity contribution < 1.29 is 19.0 Å². The molecule has 0 amide bonds. The minimum absolute atomic E-state index is 0.101. The van der Waals surface area contributed by atoms with Crippen LogP contribution in [0.5, 0.6) is 17.2 Å². The predicted octanol–water partition coefficient (Wildman–Crippen LogP) is 5.13. The Labute approximate surface area is 157 Å². The molecule has 0 saturated carbocycles. The van der Waals surface area contributed by atoms with E-state index in [1.165, 1.54) is 6.08 Å². The van der Waals surface area contributed by atoms with Crippen molar-refractivity contribution in [3.05, 3.63) is 56.5 Å². The summed E-state index contributed by atoms with van der Waals surface area (Å²) in [6.07, 6.45) is 3.24. The van der Waals surface area contributed by atoms with Gasteiger partial charge in [-0.05, 0) is 79.9 Å². The molecule has 2 rings (SSSR count). The number of benzene rings is 2. The van der Waals surface area contributed by atoms with Crippen molar-refractivity contribution >= 4 is 43.7 Å². The van der Waals surface area contributed by atoms with Gasteiger partial charge in [0.1, 0.15) is 5.75 Å². The molecule has 0 unspecified atom stereocenters. The summed E-state index contributed by atoms with van der Waals surface area (Å²) in [5.41, 5.74) is 1.38. The Bertz CT molecular complexity index is 768. The monoisotopic (exact) mass is 454 g/mol. The molecule has 0 heterocycles. The second kappa shape index (κ2) is 8.35. The second-order valence-corrected chi connectivity index (χ2v) is 6.34. The maximum absolute atomic E-state index is 12.3. The molecular formula is C18H16Br2O4. The molecule has 0 N–H and O–H groups in total. The Balaban J connectivity index is 2.30. The Hall–Kier alpha value is -1.79. The van der Waals surface area contributed by atoms with E-state index >= 15 is 0 Å². The lowest BCUT2D eigenvalue weighted by atomic mass is 10.1. The van der Waals surface area contributed by atoms with Crippen LogP contribution < -0.4 is 14.2 Å². The molecule has 2 aromatic carbocycles. The molecule has 0 aliphatic rings. The third-order valence-electron chi connectivity index (χ3n) is 3.37. The van der Waals surface area contributed by atoms with Crippen LogP contribution in [-0.2, 0) is 0 Å². The Morgan fingerprint density at radius 1 is 0.958 bits per heavy atom. The van der Waals surface area contributed by atoms with E-state index in [2.05, 4.69) is 31.9 Å². The molecule has 0 spiro atoms. The van der Waals surface area contributed by atoms with E-state index in [0.29, 0.717) is 22.8 Å². The van der Waals surface area contributed by atoms with Crippen molar-refractivity contribution in [2.45, 2.75) is 0 Å². The molecule has 6 heteroatoms.